The number of aromatic nitrogens is 1. The lowest BCUT2D eigenvalue weighted by molar-refractivity contribution is 0.118. The summed E-state index contributed by atoms with van der Waals surface area (Å²) >= 11 is 0. The minimum absolute atomic E-state index is 0.186. The van der Waals surface area contributed by atoms with Crippen molar-refractivity contribution in [2.45, 2.75) is 44.6 Å². The first-order valence-electron chi connectivity index (χ1n) is 9.54. The molecular weight excluding hydrogens is 338 g/mol. The highest BCUT2D eigenvalue weighted by atomic mass is 16.5. The van der Waals surface area contributed by atoms with Gasteiger partial charge < -0.3 is 14.3 Å². The van der Waals surface area contributed by atoms with E-state index in [9.17, 15) is 5.11 Å². The van der Waals surface area contributed by atoms with Crippen molar-refractivity contribution in [3.63, 3.8) is 0 Å². The average molecular weight is 363 g/mol. The van der Waals surface area contributed by atoms with Crippen LogP contribution in [0.3, 0.4) is 0 Å². The van der Waals surface area contributed by atoms with Gasteiger partial charge in [0.25, 0.3) is 0 Å². The van der Waals surface area contributed by atoms with E-state index in [4.69, 9.17) is 14.1 Å². The second kappa shape index (κ2) is 7.57. The summed E-state index contributed by atoms with van der Waals surface area (Å²) < 4.78 is 11.6. The zero-order chi connectivity index (χ0) is 18.8. The molecule has 0 unspecified atom stereocenters. The van der Waals surface area contributed by atoms with Gasteiger partial charge in [-0.25, -0.2) is 4.98 Å². The van der Waals surface area contributed by atoms with E-state index < -0.39 is 0 Å². The molecule has 27 heavy (non-hydrogen) atoms. The monoisotopic (exact) mass is 363 g/mol. The molecule has 4 heteroatoms. The van der Waals surface area contributed by atoms with E-state index in [0.717, 1.165) is 59.9 Å². The molecule has 1 aromatic heterocycles. The Hall–Kier alpha value is -2.59. The van der Waals surface area contributed by atoms with Gasteiger partial charge in [0.1, 0.15) is 11.4 Å². The minimum atomic E-state index is -0.186. The highest BCUT2D eigenvalue weighted by Crippen LogP contribution is 2.39. The predicted molar refractivity (Wildman–Crippen MR) is 106 cm³/mol. The number of aliphatic hydroxyl groups is 1. The summed E-state index contributed by atoms with van der Waals surface area (Å²) in [5.41, 5.74) is 4.12. The topological polar surface area (TPSA) is 55.5 Å². The summed E-state index contributed by atoms with van der Waals surface area (Å²) in [6.07, 6.45) is 3.26. The highest BCUT2D eigenvalue weighted by Gasteiger charge is 2.27. The van der Waals surface area contributed by atoms with Gasteiger partial charge in [-0.3, -0.25) is 0 Å². The first-order chi connectivity index (χ1) is 13.1. The second-order valence-corrected chi connectivity index (χ2v) is 7.33. The van der Waals surface area contributed by atoms with Gasteiger partial charge in [0.15, 0.2) is 11.7 Å². The maximum Gasteiger partial charge on any atom is 0.198 e. The minimum Gasteiger partial charge on any atom is -0.497 e. The van der Waals surface area contributed by atoms with E-state index in [1.165, 1.54) is 5.56 Å². The van der Waals surface area contributed by atoms with E-state index in [1.807, 2.05) is 24.3 Å². The number of methoxy groups -OCH3 is 1. The molecule has 0 radical (unpaired) electrons. The third kappa shape index (κ3) is 3.76. The molecule has 4 rings (SSSR count). The highest BCUT2D eigenvalue weighted by molar-refractivity contribution is 5.77. The van der Waals surface area contributed by atoms with Gasteiger partial charge in [-0.15, -0.1) is 0 Å². The fourth-order valence-corrected chi connectivity index (χ4v) is 3.68. The molecule has 140 valence electrons. The number of ether oxygens (including phenoxy) is 1. The van der Waals surface area contributed by atoms with Gasteiger partial charge in [-0.1, -0.05) is 29.8 Å². The predicted octanol–water partition coefficient (Wildman–Crippen LogP) is 5.34. The van der Waals surface area contributed by atoms with Crippen LogP contribution in [0.25, 0.3) is 22.6 Å². The van der Waals surface area contributed by atoms with Crippen LogP contribution in [0, 0.1) is 6.92 Å². The van der Waals surface area contributed by atoms with Crippen molar-refractivity contribution in [1.29, 1.82) is 0 Å². The maximum atomic E-state index is 9.80. The summed E-state index contributed by atoms with van der Waals surface area (Å²) in [7, 11) is 1.67. The summed E-state index contributed by atoms with van der Waals surface area (Å²) in [4.78, 5) is 4.89. The lowest BCUT2D eigenvalue weighted by Gasteiger charge is -2.22. The standard InChI is InChI=1S/C23H25NO3/c1-15-3-5-17(6-4-15)22-21(16-9-13-20(26-2)14-10-16)24-23(27-22)18-7-11-19(25)12-8-18/h3-6,9-10,13-14,18-19,25H,7-8,11-12H2,1-2H3. The number of rotatable bonds is 4. The average Bonchev–Trinajstić information content (AvgIpc) is 3.14. The second-order valence-electron chi connectivity index (χ2n) is 7.33. The third-order valence-electron chi connectivity index (χ3n) is 5.37. The Kier molecular flexibility index (Phi) is 4.99. The number of nitrogens with zero attached hydrogens (tertiary/aromatic N) is 1. The van der Waals surface area contributed by atoms with Crippen LogP contribution in [-0.2, 0) is 0 Å². The van der Waals surface area contributed by atoms with Crippen LogP contribution < -0.4 is 4.74 Å². The number of benzene rings is 2. The largest absolute Gasteiger partial charge is 0.497 e. The number of aryl methyl sites for hydroxylation is 1. The summed E-state index contributed by atoms with van der Waals surface area (Å²) in [6, 6.07) is 16.3. The molecule has 0 saturated heterocycles. The molecule has 0 atom stereocenters. The summed E-state index contributed by atoms with van der Waals surface area (Å²) in [5, 5.41) is 9.80. The quantitative estimate of drug-likeness (QED) is 0.679. The Morgan fingerprint density at radius 3 is 2.19 bits per heavy atom. The number of hydrogen-bond donors (Lipinski definition) is 1. The van der Waals surface area contributed by atoms with E-state index >= 15 is 0 Å². The van der Waals surface area contributed by atoms with Gasteiger partial charge in [-0.2, -0.15) is 0 Å². The molecule has 0 aliphatic heterocycles. The lowest BCUT2D eigenvalue weighted by Crippen LogP contribution is -2.17. The normalized spacial score (nSPS) is 19.8. The van der Waals surface area contributed by atoms with E-state index in [-0.39, 0.29) is 12.0 Å². The van der Waals surface area contributed by atoms with E-state index in [1.54, 1.807) is 7.11 Å². The van der Waals surface area contributed by atoms with Gasteiger partial charge >= 0.3 is 0 Å². The molecule has 1 N–H and O–H groups in total. The van der Waals surface area contributed by atoms with Gasteiger partial charge in [0.2, 0.25) is 0 Å². The van der Waals surface area contributed by atoms with Crippen molar-refractivity contribution in [3.05, 3.63) is 60.0 Å². The molecule has 4 nitrogen and oxygen atoms in total. The van der Waals surface area contributed by atoms with Gasteiger partial charge in [0, 0.05) is 17.0 Å². The van der Waals surface area contributed by atoms with Crippen molar-refractivity contribution in [2.24, 2.45) is 0 Å². The third-order valence-corrected chi connectivity index (χ3v) is 5.37. The van der Waals surface area contributed by atoms with Crippen molar-refractivity contribution in [1.82, 2.24) is 4.98 Å². The Bertz CT molecular complexity index is 888. The van der Waals surface area contributed by atoms with Crippen LogP contribution in [0.2, 0.25) is 0 Å². The van der Waals surface area contributed by atoms with Crippen molar-refractivity contribution in [3.8, 4) is 28.3 Å². The number of oxazole rings is 1. The SMILES string of the molecule is COc1ccc(-c2nc(C3CCC(O)CC3)oc2-c2ccc(C)cc2)cc1. The fourth-order valence-electron chi connectivity index (χ4n) is 3.68. The van der Waals surface area contributed by atoms with E-state index in [0.29, 0.717) is 0 Å². The van der Waals surface area contributed by atoms with Crippen LogP contribution in [0.15, 0.2) is 52.9 Å². The first-order valence-corrected chi connectivity index (χ1v) is 9.54. The van der Waals surface area contributed by atoms with Crippen LogP contribution in [0.4, 0.5) is 0 Å². The number of aliphatic hydroxyl groups excluding tert-OH is 1. The van der Waals surface area contributed by atoms with Crippen LogP contribution >= 0.6 is 0 Å². The zero-order valence-corrected chi connectivity index (χ0v) is 15.8. The Labute approximate surface area is 159 Å². The molecule has 2 aromatic carbocycles. The van der Waals surface area contributed by atoms with Crippen LogP contribution in [0.1, 0.15) is 43.1 Å². The van der Waals surface area contributed by atoms with Crippen molar-refractivity contribution >= 4 is 0 Å². The molecule has 1 aliphatic rings. The summed E-state index contributed by atoms with van der Waals surface area (Å²) in [5.74, 6) is 2.68. The Morgan fingerprint density at radius 1 is 0.926 bits per heavy atom. The molecular formula is C23H25NO3. The Balaban J connectivity index is 1.75. The molecule has 1 aliphatic carbocycles. The smallest absolute Gasteiger partial charge is 0.198 e. The molecule has 0 amide bonds. The molecule has 1 fully saturated rings. The molecule has 1 heterocycles. The van der Waals surface area contributed by atoms with Crippen LogP contribution in [-0.4, -0.2) is 23.3 Å². The van der Waals surface area contributed by atoms with Gasteiger partial charge in [-0.05, 0) is 56.9 Å². The van der Waals surface area contributed by atoms with Gasteiger partial charge in [0.05, 0.1) is 13.2 Å². The fraction of sp³-hybridized carbons (Fsp3) is 0.348. The molecule has 3 aromatic rings. The number of hydrogen-bond acceptors (Lipinski definition) is 4. The van der Waals surface area contributed by atoms with E-state index in [2.05, 4.69) is 31.2 Å². The lowest BCUT2D eigenvalue weighted by atomic mass is 9.87. The van der Waals surface area contributed by atoms with Crippen molar-refractivity contribution < 1.29 is 14.3 Å². The van der Waals surface area contributed by atoms with Crippen molar-refractivity contribution in [2.75, 3.05) is 7.11 Å². The Morgan fingerprint density at radius 2 is 1.56 bits per heavy atom. The molecule has 1 saturated carbocycles. The van der Waals surface area contributed by atoms with Crippen LogP contribution in [0.5, 0.6) is 5.75 Å². The first kappa shape index (κ1) is 17.8. The maximum absolute atomic E-state index is 9.80. The molecule has 0 spiro atoms. The molecule has 0 bridgehead atoms. The summed E-state index contributed by atoms with van der Waals surface area (Å²) in [6.45, 7) is 2.08. The zero-order valence-electron chi connectivity index (χ0n) is 15.8.